The maximum atomic E-state index is 12.9. The third-order valence-electron chi connectivity index (χ3n) is 2.93. The highest BCUT2D eigenvalue weighted by molar-refractivity contribution is 5.58. The quantitative estimate of drug-likeness (QED) is 0.787. The van der Waals surface area contributed by atoms with E-state index >= 15 is 0 Å². The van der Waals surface area contributed by atoms with Crippen molar-refractivity contribution >= 4 is 17.5 Å². The molecule has 9 heteroatoms. The van der Waals surface area contributed by atoms with Gasteiger partial charge in [-0.3, -0.25) is 5.10 Å². The van der Waals surface area contributed by atoms with E-state index in [1.807, 2.05) is 13.8 Å². The van der Waals surface area contributed by atoms with Crippen LogP contribution < -0.4 is 10.6 Å². The molecule has 0 radical (unpaired) electrons. The highest BCUT2D eigenvalue weighted by atomic mass is 19.4. The van der Waals surface area contributed by atoms with E-state index in [0.29, 0.717) is 12.2 Å². The molecule has 2 aromatic rings. The number of alkyl halides is 3. The summed E-state index contributed by atoms with van der Waals surface area (Å²) in [5.74, 6) is 0.00188. The summed E-state index contributed by atoms with van der Waals surface area (Å²) in [5.41, 5.74) is 0.571. The second kappa shape index (κ2) is 6.20. The molecule has 0 amide bonds. The van der Waals surface area contributed by atoms with Gasteiger partial charge in [0, 0.05) is 12.7 Å². The lowest BCUT2D eigenvalue weighted by Crippen LogP contribution is -2.14. The van der Waals surface area contributed by atoms with Crippen molar-refractivity contribution in [2.45, 2.75) is 32.9 Å². The Bertz CT molecular complexity index is 635. The van der Waals surface area contributed by atoms with E-state index in [-0.39, 0.29) is 17.7 Å². The van der Waals surface area contributed by atoms with Crippen LogP contribution in [0.1, 0.15) is 37.9 Å². The largest absolute Gasteiger partial charge is 0.421 e. The molecule has 0 aliphatic heterocycles. The Morgan fingerprint density at radius 3 is 2.59 bits per heavy atom. The highest BCUT2D eigenvalue weighted by Gasteiger charge is 2.35. The predicted octanol–water partition coefficient (Wildman–Crippen LogP) is 3.52. The fourth-order valence-corrected chi connectivity index (χ4v) is 1.91. The van der Waals surface area contributed by atoms with E-state index in [1.54, 1.807) is 13.1 Å². The molecule has 0 bridgehead atoms. The van der Waals surface area contributed by atoms with Gasteiger partial charge in [-0.2, -0.15) is 23.3 Å². The molecule has 120 valence electrons. The first-order valence-corrected chi connectivity index (χ1v) is 6.81. The number of aromatic amines is 1. The average molecular weight is 314 g/mol. The molecular formula is C13H17F3N6. The summed E-state index contributed by atoms with van der Waals surface area (Å²) in [6.45, 7) is 5.96. The van der Waals surface area contributed by atoms with Crippen molar-refractivity contribution in [2.75, 3.05) is 17.2 Å². The summed E-state index contributed by atoms with van der Waals surface area (Å²) in [6, 6.07) is 0. The van der Waals surface area contributed by atoms with Crippen LogP contribution in [0.15, 0.2) is 12.4 Å². The summed E-state index contributed by atoms with van der Waals surface area (Å²) in [5, 5.41) is 12.2. The SMILES string of the molecule is CCNc1nc(Nc2cn[nH]c2C(C)C)ncc1C(F)(F)F. The van der Waals surface area contributed by atoms with Crippen LogP contribution in [0.2, 0.25) is 0 Å². The van der Waals surface area contributed by atoms with Crippen molar-refractivity contribution in [3.8, 4) is 0 Å². The molecule has 0 fully saturated rings. The lowest BCUT2D eigenvalue weighted by Gasteiger charge is -2.14. The van der Waals surface area contributed by atoms with Crippen molar-refractivity contribution < 1.29 is 13.2 Å². The van der Waals surface area contributed by atoms with Crippen LogP contribution in [-0.4, -0.2) is 26.7 Å². The summed E-state index contributed by atoms with van der Waals surface area (Å²) >= 11 is 0. The third kappa shape index (κ3) is 3.46. The average Bonchev–Trinajstić information content (AvgIpc) is 2.86. The number of hydrogen-bond acceptors (Lipinski definition) is 5. The first-order valence-electron chi connectivity index (χ1n) is 6.81. The van der Waals surface area contributed by atoms with Gasteiger partial charge in [-0.1, -0.05) is 13.8 Å². The maximum absolute atomic E-state index is 12.9. The van der Waals surface area contributed by atoms with Crippen molar-refractivity contribution in [3.63, 3.8) is 0 Å². The topological polar surface area (TPSA) is 78.5 Å². The molecular weight excluding hydrogens is 297 g/mol. The number of hydrogen-bond donors (Lipinski definition) is 3. The minimum absolute atomic E-state index is 0.0762. The van der Waals surface area contributed by atoms with Gasteiger partial charge in [0.05, 0.1) is 17.6 Å². The summed E-state index contributed by atoms with van der Waals surface area (Å²) < 4.78 is 38.7. The standard InChI is InChI=1S/C13H17F3N6/c1-4-17-11-8(13(14,15)16)5-18-12(21-11)20-9-6-19-22-10(9)7(2)3/h5-7H,4H2,1-3H3,(H,19,22)(H2,17,18,20,21). The maximum Gasteiger partial charge on any atom is 0.421 e. The zero-order valence-corrected chi connectivity index (χ0v) is 12.4. The molecule has 22 heavy (non-hydrogen) atoms. The molecule has 2 heterocycles. The molecule has 0 saturated carbocycles. The normalized spacial score (nSPS) is 11.8. The zero-order valence-electron chi connectivity index (χ0n) is 12.4. The molecule has 0 aromatic carbocycles. The second-order valence-electron chi connectivity index (χ2n) is 4.96. The van der Waals surface area contributed by atoms with Gasteiger partial charge >= 0.3 is 6.18 Å². The number of nitrogens with one attached hydrogen (secondary N) is 3. The summed E-state index contributed by atoms with van der Waals surface area (Å²) in [4.78, 5) is 7.65. The van der Waals surface area contributed by atoms with Crippen molar-refractivity contribution in [1.82, 2.24) is 20.2 Å². The fourth-order valence-electron chi connectivity index (χ4n) is 1.91. The highest BCUT2D eigenvalue weighted by Crippen LogP contribution is 2.34. The molecule has 0 aliphatic rings. The zero-order chi connectivity index (χ0) is 16.3. The van der Waals surface area contributed by atoms with Gasteiger partial charge in [0.25, 0.3) is 0 Å². The minimum atomic E-state index is -4.51. The Kier molecular flexibility index (Phi) is 4.53. The summed E-state index contributed by atoms with van der Waals surface area (Å²) in [7, 11) is 0. The number of halogens is 3. The van der Waals surface area contributed by atoms with Gasteiger partial charge in [0.2, 0.25) is 5.95 Å². The van der Waals surface area contributed by atoms with E-state index < -0.39 is 11.7 Å². The van der Waals surface area contributed by atoms with Crippen LogP contribution in [0, 0.1) is 0 Å². The molecule has 2 aromatic heterocycles. The number of rotatable bonds is 5. The van der Waals surface area contributed by atoms with E-state index in [9.17, 15) is 13.2 Å². The first kappa shape index (κ1) is 16.1. The third-order valence-corrected chi connectivity index (χ3v) is 2.93. The van der Waals surface area contributed by atoms with Crippen LogP contribution >= 0.6 is 0 Å². The Morgan fingerprint density at radius 2 is 2.00 bits per heavy atom. The number of anilines is 3. The molecule has 2 rings (SSSR count). The van der Waals surface area contributed by atoms with Crippen molar-refractivity contribution in [3.05, 3.63) is 23.7 Å². The Labute approximate surface area is 125 Å². The number of nitrogens with zero attached hydrogens (tertiary/aromatic N) is 3. The lowest BCUT2D eigenvalue weighted by molar-refractivity contribution is -0.137. The Morgan fingerprint density at radius 1 is 1.27 bits per heavy atom. The predicted molar refractivity (Wildman–Crippen MR) is 77.2 cm³/mol. The monoisotopic (exact) mass is 314 g/mol. The lowest BCUT2D eigenvalue weighted by atomic mass is 10.1. The number of H-pyrrole nitrogens is 1. The van der Waals surface area contributed by atoms with Crippen LogP contribution in [0.5, 0.6) is 0 Å². The van der Waals surface area contributed by atoms with Gasteiger partial charge in [-0.15, -0.1) is 0 Å². The van der Waals surface area contributed by atoms with Gasteiger partial charge < -0.3 is 10.6 Å². The first-order chi connectivity index (χ1) is 10.3. The summed E-state index contributed by atoms with van der Waals surface area (Å²) in [6.07, 6.45) is -2.19. The minimum Gasteiger partial charge on any atom is -0.370 e. The van der Waals surface area contributed by atoms with Gasteiger partial charge in [0.15, 0.2) is 0 Å². The molecule has 0 saturated heterocycles. The van der Waals surface area contributed by atoms with Crippen molar-refractivity contribution in [2.24, 2.45) is 0 Å². The van der Waals surface area contributed by atoms with Gasteiger partial charge in [0.1, 0.15) is 11.4 Å². The van der Waals surface area contributed by atoms with Crippen molar-refractivity contribution in [1.29, 1.82) is 0 Å². The molecule has 0 aliphatic carbocycles. The van der Waals surface area contributed by atoms with Gasteiger partial charge in [-0.05, 0) is 12.8 Å². The van der Waals surface area contributed by atoms with E-state index in [4.69, 9.17) is 0 Å². The fraction of sp³-hybridized carbons (Fsp3) is 0.462. The smallest absolute Gasteiger partial charge is 0.370 e. The van der Waals surface area contributed by atoms with Crippen LogP contribution in [-0.2, 0) is 6.18 Å². The van der Waals surface area contributed by atoms with Gasteiger partial charge in [-0.25, -0.2) is 4.98 Å². The van der Waals surface area contributed by atoms with E-state index in [1.165, 1.54) is 0 Å². The second-order valence-corrected chi connectivity index (χ2v) is 4.96. The van der Waals surface area contributed by atoms with Crippen LogP contribution in [0.4, 0.5) is 30.6 Å². The molecule has 0 spiro atoms. The Hall–Kier alpha value is -2.32. The van der Waals surface area contributed by atoms with E-state index in [0.717, 1.165) is 11.9 Å². The van der Waals surface area contributed by atoms with E-state index in [2.05, 4.69) is 30.8 Å². The molecule has 3 N–H and O–H groups in total. The molecule has 0 atom stereocenters. The molecule has 6 nitrogen and oxygen atoms in total. The Balaban J connectivity index is 2.33. The van der Waals surface area contributed by atoms with Crippen LogP contribution in [0.25, 0.3) is 0 Å². The van der Waals surface area contributed by atoms with Crippen LogP contribution in [0.3, 0.4) is 0 Å². The number of aromatic nitrogens is 4. The molecule has 0 unspecified atom stereocenters.